The Balaban J connectivity index is 1.16. The van der Waals surface area contributed by atoms with Crippen molar-refractivity contribution in [2.24, 2.45) is 0 Å². The molecule has 45 heavy (non-hydrogen) atoms. The predicted molar refractivity (Wildman–Crippen MR) is 177 cm³/mol. The maximum Gasteiger partial charge on any atom is 0.334 e. The van der Waals surface area contributed by atoms with Gasteiger partial charge in [0.15, 0.2) is 0 Å². The Bertz CT molecular complexity index is 833. The second-order valence-electron chi connectivity index (χ2n) is 14.2. The Morgan fingerprint density at radius 1 is 0.644 bits per heavy atom. The van der Waals surface area contributed by atoms with E-state index in [9.17, 15) is 25.2 Å². The van der Waals surface area contributed by atoms with Crippen LogP contribution in [0, 0.1) is 0 Å². The SMILES string of the molecule is CCCCCCCCCC[C@@H](O)[C@H]1CC[C@H]([C@@H]2CC[C@H]([C@H](O)CCCC[C@H](O)CCCCC[C@@H](O)CC3=C[C@H](C)OC3=O)O2)O1. The van der Waals surface area contributed by atoms with Crippen LogP contribution in [0.1, 0.15) is 162 Å². The third kappa shape index (κ3) is 14.7. The minimum absolute atomic E-state index is 0.00732. The zero-order valence-electron chi connectivity index (χ0n) is 28.5. The van der Waals surface area contributed by atoms with E-state index < -0.39 is 18.3 Å². The Hall–Kier alpha value is -1.03. The van der Waals surface area contributed by atoms with E-state index >= 15 is 0 Å². The molecule has 0 aliphatic carbocycles. The predicted octanol–water partition coefficient (Wildman–Crippen LogP) is 6.83. The average Bonchev–Trinajstić information content (AvgIpc) is 3.76. The molecule has 0 unspecified atom stereocenters. The number of carbonyl (C=O) groups is 1. The smallest absolute Gasteiger partial charge is 0.334 e. The van der Waals surface area contributed by atoms with Crippen molar-refractivity contribution >= 4 is 5.97 Å². The molecule has 0 spiro atoms. The number of aliphatic hydroxyl groups excluding tert-OH is 4. The zero-order valence-corrected chi connectivity index (χ0v) is 28.5. The van der Waals surface area contributed by atoms with Crippen molar-refractivity contribution in [2.75, 3.05) is 0 Å². The fraction of sp³-hybridized carbons (Fsp3) is 0.919. The van der Waals surface area contributed by atoms with Crippen LogP contribution in [0.25, 0.3) is 0 Å². The van der Waals surface area contributed by atoms with Gasteiger partial charge in [-0.25, -0.2) is 4.79 Å². The molecule has 9 atom stereocenters. The van der Waals surface area contributed by atoms with Gasteiger partial charge in [-0.15, -0.1) is 0 Å². The average molecular weight is 639 g/mol. The highest BCUT2D eigenvalue weighted by Gasteiger charge is 2.40. The summed E-state index contributed by atoms with van der Waals surface area (Å²) in [6, 6.07) is 0. The molecule has 2 saturated heterocycles. The molecule has 8 nitrogen and oxygen atoms in total. The summed E-state index contributed by atoms with van der Waals surface area (Å²) in [7, 11) is 0. The van der Waals surface area contributed by atoms with Gasteiger partial charge in [0.05, 0.1) is 48.8 Å². The molecule has 3 heterocycles. The summed E-state index contributed by atoms with van der Waals surface area (Å²) in [6.07, 6.45) is 21.7. The first-order valence-electron chi connectivity index (χ1n) is 18.7. The Morgan fingerprint density at radius 2 is 1.09 bits per heavy atom. The van der Waals surface area contributed by atoms with E-state index in [1.807, 2.05) is 6.92 Å². The number of hydrogen-bond acceptors (Lipinski definition) is 8. The van der Waals surface area contributed by atoms with Gasteiger partial charge >= 0.3 is 5.97 Å². The van der Waals surface area contributed by atoms with E-state index in [0.29, 0.717) is 24.8 Å². The molecular formula is C37H66O8. The molecule has 8 heteroatoms. The number of carbonyl (C=O) groups excluding carboxylic acids is 1. The van der Waals surface area contributed by atoms with Gasteiger partial charge in [-0.05, 0) is 70.8 Å². The molecule has 262 valence electrons. The van der Waals surface area contributed by atoms with Crippen LogP contribution in [0.15, 0.2) is 11.6 Å². The Labute approximate surface area is 273 Å². The molecule has 0 radical (unpaired) electrons. The van der Waals surface area contributed by atoms with Gasteiger partial charge in [-0.2, -0.15) is 0 Å². The lowest BCUT2D eigenvalue weighted by Gasteiger charge is -2.24. The highest BCUT2D eigenvalue weighted by Crippen LogP contribution is 2.34. The highest BCUT2D eigenvalue weighted by atomic mass is 16.6. The molecular weight excluding hydrogens is 572 g/mol. The molecule has 0 aromatic heterocycles. The van der Waals surface area contributed by atoms with Gasteiger partial charge in [0.2, 0.25) is 0 Å². The van der Waals surface area contributed by atoms with Crippen LogP contribution >= 0.6 is 0 Å². The number of cyclic esters (lactones) is 1. The highest BCUT2D eigenvalue weighted by molar-refractivity contribution is 5.90. The Morgan fingerprint density at radius 3 is 1.62 bits per heavy atom. The van der Waals surface area contributed by atoms with E-state index in [2.05, 4.69) is 6.92 Å². The summed E-state index contributed by atoms with van der Waals surface area (Å²) in [4.78, 5) is 11.7. The normalized spacial score (nSPS) is 27.8. The minimum Gasteiger partial charge on any atom is -0.455 e. The number of unbranched alkanes of at least 4 members (excludes halogenated alkanes) is 10. The maximum atomic E-state index is 11.7. The van der Waals surface area contributed by atoms with Crippen LogP contribution in [-0.2, 0) is 19.0 Å². The Kier molecular flexibility index (Phi) is 18.6. The maximum absolute atomic E-state index is 11.7. The second kappa shape index (κ2) is 21.8. The van der Waals surface area contributed by atoms with Crippen molar-refractivity contribution in [1.82, 2.24) is 0 Å². The fourth-order valence-corrected chi connectivity index (χ4v) is 7.30. The summed E-state index contributed by atoms with van der Waals surface area (Å²) >= 11 is 0. The van der Waals surface area contributed by atoms with Crippen molar-refractivity contribution in [3.05, 3.63) is 11.6 Å². The van der Waals surface area contributed by atoms with Crippen molar-refractivity contribution in [2.45, 2.75) is 216 Å². The molecule has 3 aliphatic rings. The molecule has 0 amide bonds. The summed E-state index contributed by atoms with van der Waals surface area (Å²) in [6.45, 7) is 4.06. The van der Waals surface area contributed by atoms with Crippen molar-refractivity contribution in [1.29, 1.82) is 0 Å². The molecule has 0 aromatic rings. The van der Waals surface area contributed by atoms with Crippen LogP contribution in [0.4, 0.5) is 0 Å². The molecule has 4 N–H and O–H groups in total. The largest absolute Gasteiger partial charge is 0.455 e. The lowest BCUT2D eigenvalue weighted by Crippen LogP contribution is -2.33. The quantitative estimate of drug-likeness (QED) is 0.0634. The van der Waals surface area contributed by atoms with Crippen molar-refractivity contribution in [3.63, 3.8) is 0 Å². The topological polar surface area (TPSA) is 126 Å². The van der Waals surface area contributed by atoms with Gasteiger partial charge in [0, 0.05) is 12.0 Å². The van der Waals surface area contributed by atoms with Gasteiger partial charge in [-0.3, -0.25) is 0 Å². The molecule has 3 rings (SSSR count). The first-order valence-corrected chi connectivity index (χ1v) is 18.7. The molecule has 0 saturated carbocycles. The molecule has 2 fully saturated rings. The third-order valence-electron chi connectivity index (χ3n) is 10.1. The molecule has 0 aromatic carbocycles. The van der Waals surface area contributed by atoms with Crippen LogP contribution in [0.2, 0.25) is 0 Å². The first kappa shape index (κ1) is 38.4. The lowest BCUT2D eigenvalue weighted by molar-refractivity contribution is -0.139. The van der Waals surface area contributed by atoms with E-state index in [1.165, 1.54) is 44.9 Å². The summed E-state index contributed by atoms with van der Waals surface area (Å²) < 4.78 is 17.6. The zero-order chi connectivity index (χ0) is 32.4. The van der Waals surface area contributed by atoms with E-state index in [1.54, 1.807) is 6.08 Å². The summed E-state index contributed by atoms with van der Waals surface area (Å²) in [5.41, 5.74) is 0.575. The van der Waals surface area contributed by atoms with E-state index in [4.69, 9.17) is 14.2 Å². The molecule has 3 aliphatic heterocycles. The van der Waals surface area contributed by atoms with E-state index in [0.717, 1.165) is 83.5 Å². The standard InChI is InChI=1S/C37H66O8/c1-3-4-5-6-7-8-9-13-19-31(40)33-21-23-35(44-33)36-24-22-34(45-36)32(41)20-15-14-17-29(38)16-11-10-12-18-30(39)26-28-25-27(2)43-37(28)42/h25,27,29-36,38-41H,3-24,26H2,1-2H3/t27-,29+,30+,31+,32+,33+,34+,35+,36-/m0/s1. The number of rotatable bonds is 25. The first-order chi connectivity index (χ1) is 21.8. The molecule has 0 bridgehead atoms. The van der Waals surface area contributed by atoms with Crippen LogP contribution in [0.5, 0.6) is 0 Å². The summed E-state index contributed by atoms with van der Waals surface area (Å²) in [5, 5.41) is 42.0. The summed E-state index contributed by atoms with van der Waals surface area (Å²) in [5.74, 6) is -0.315. The number of esters is 1. The third-order valence-corrected chi connectivity index (χ3v) is 10.1. The lowest BCUT2D eigenvalue weighted by atomic mass is 9.99. The van der Waals surface area contributed by atoms with Crippen LogP contribution in [0.3, 0.4) is 0 Å². The van der Waals surface area contributed by atoms with Crippen molar-refractivity contribution < 1.29 is 39.4 Å². The van der Waals surface area contributed by atoms with Crippen LogP contribution in [-0.4, -0.2) is 81.3 Å². The van der Waals surface area contributed by atoms with E-state index in [-0.39, 0.29) is 42.6 Å². The number of aliphatic hydroxyl groups is 4. The van der Waals surface area contributed by atoms with Gasteiger partial charge < -0.3 is 34.6 Å². The van der Waals surface area contributed by atoms with Gasteiger partial charge in [-0.1, -0.05) is 90.4 Å². The minimum atomic E-state index is -0.533. The van der Waals surface area contributed by atoms with Crippen molar-refractivity contribution in [3.8, 4) is 0 Å². The van der Waals surface area contributed by atoms with Gasteiger partial charge in [0.1, 0.15) is 6.10 Å². The number of hydrogen-bond donors (Lipinski definition) is 4. The second-order valence-corrected chi connectivity index (χ2v) is 14.2. The van der Waals surface area contributed by atoms with Crippen LogP contribution < -0.4 is 0 Å². The fourth-order valence-electron chi connectivity index (χ4n) is 7.30. The van der Waals surface area contributed by atoms with Gasteiger partial charge in [0.25, 0.3) is 0 Å². The number of ether oxygens (including phenoxy) is 3. The monoisotopic (exact) mass is 638 g/mol.